The van der Waals surface area contributed by atoms with Gasteiger partial charge in [0.2, 0.25) is 5.89 Å². The molecular formula is C16H16F3NO3. The summed E-state index contributed by atoms with van der Waals surface area (Å²) in [5.41, 5.74) is -0.660. The van der Waals surface area contributed by atoms with Crippen molar-refractivity contribution in [1.29, 1.82) is 0 Å². The molecule has 2 rings (SSSR count). The third-order valence-corrected chi connectivity index (χ3v) is 3.11. The molecule has 7 heteroatoms. The number of oxazole rings is 1. The van der Waals surface area contributed by atoms with E-state index in [1.54, 1.807) is 0 Å². The first-order chi connectivity index (χ1) is 10.7. The second-order valence-electron chi connectivity index (χ2n) is 5.46. The standard InChI is InChI=1S/C16H16F3NO3/c1-9(2)7-12-13(15(21)22-3)20-14(23-12)10-5-4-6-11(8-10)16(17,18)19/h4-6,8-9H,7H2,1-3H3. The number of rotatable bonds is 4. The molecule has 23 heavy (non-hydrogen) atoms. The van der Waals surface area contributed by atoms with Gasteiger partial charge in [0.05, 0.1) is 12.7 Å². The van der Waals surface area contributed by atoms with Crippen molar-refractivity contribution in [2.24, 2.45) is 5.92 Å². The number of hydrogen-bond acceptors (Lipinski definition) is 4. The second-order valence-corrected chi connectivity index (χ2v) is 5.46. The van der Waals surface area contributed by atoms with Gasteiger partial charge < -0.3 is 9.15 Å². The minimum atomic E-state index is -4.46. The van der Waals surface area contributed by atoms with Crippen molar-refractivity contribution in [2.75, 3.05) is 7.11 Å². The highest BCUT2D eigenvalue weighted by molar-refractivity contribution is 5.88. The van der Waals surface area contributed by atoms with Crippen LogP contribution in [-0.2, 0) is 17.3 Å². The summed E-state index contributed by atoms with van der Waals surface area (Å²) in [6.45, 7) is 3.85. The van der Waals surface area contributed by atoms with Crippen LogP contribution < -0.4 is 0 Å². The lowest BCUT2D eigenvalue weighted by molar-refractivity contribution is -0.137. The molecule has 0 fully saturated rings. The number of hydrogen-bond donors (Lipinski definition) is 0. The average Bonchev–Trinajstić information content (AvgIpc) is 2.89. The van der Waals surface area contributed by atoms with Gasteiger partial charge in [0, 0.05) is 12.0 Å². The molecule has 0 N–H and O–H groups in total. The molecule has 0 atom stereocenters. The molecule has 0 bridgehead atoms. The maximum atomic E-state index is 12.8. The molecule has 0 aliphatic carbocycles. The molecule has 0 aliphatic heterocycles. The number of aromatic nitrogens is 1. The summed E-state index contributed by atoms with van der Waals surface area (Å²) in [4.78, 5) is 15.8. The van der Waals surface area contributed by atoms with E-state index in [0.29, 0.717) is 12.2 Å². The monoisotopic (exact) mass is 327 g/mol. The van der Waals surface area contributed by atoms with E-state index >= 15 is 0 Å². The SMILES string of the molecule is COC(=O)c1nc(-c2cccc(C(F)(F)F)c2)oc1CC(C)C. The van der Waals surface area contributed by atoms with Gasteiger partial charge in [0.1, 0.15) is 5.76 Å². The number of halogens is 3. The molecule has 2 aromatic rings. The Bertz CT molecular complexity index is 705. The van der Waals surface area contributed by atoms with Crippen LogP contribution in [0.3, 0.4) is 0 Å². The highest BCUT2D eigenvalue weighted by Gasteiger charge is 2.31. The first-order valence-corrected chi connectivity index (χ1v) is 6.98. The molecule has 0 aliphatic rings. The van der Waals surface area contributed by atoms with Crippen LogP contribution in [0.15, 0.2) is 28.7 Å². The first-order valence-electron chi connectivity index (χ1n) is 6.98. The second kappa shape index (κ2) is 6.44. The minimum Gasteiger partial charge on any atom is -0.464 e. The van der Waals surface area contributed by atoms with Crippen molar-refractivity contribution in [2.45, 2.75) is 26.4 Å². The predicted octanol–water partition coefficient (Wildman–Crippen LogP) is 4.35. The lowest BCUT2D eigenvalue weighted by Gasteiger charge is -2.06. The fourth-order valence-electron chi connectivity index (χ4n) is 2.07. The third kappa shape index (κ3) is 3.91. The van der Waals surface area contributed by atoms with Crippen LogP contribution in [-0.4, -0.2) is 18.1 Å². The van der Waals surface area contributed by atoms with E-state index in [1.165, 1.54) is 19.2 Å². The zero-order chi connectivity index (χ0) is 17.2. The van der Waals surface area contributed by atoms with Gasteiger partial charge in [-0.05, 0) is 24.1 Å². The topological polar surface area (TPSA) is 52.3 Å². The van der Waals surface area contributed by atoms with Crippen molar-refractivity contribution in [1.82, 2.24) is 4.98 Å². The summed E-state index contributed by atoms with van der Waals surface area (Å²) in [6.07, 6.45) is -4.04. The highest BCUT2D eigenvalue weighted by atomic mass is 19.4. The fraction of sp³-hybridized carbons (Fsp3) is 0.375. The predicted molar refractivity (Wildman–Crippen MR) is 76.8 cm³/mol. The number of methoxy groups -OCH3 is 1. The highest BCUT2D eigenvalue weighted by Crippen LogP contribution is 2.32. The Morgan fingerprint density at radius 3 is 2.61 bits per heavy atom. The lowest BCUT2D eigenvalue weighted by atomic mass is 10.1. The molecule has 1 heterocycles. The van der Waals surface area contributed by atoms with E-state index < -0.39 is 17.7 Å². The number of esters is 1. The molecule has 0 unspecified atom stereocenters. The molecule has 0 spiro atoms. The van der Waals surface area contributed by atoms with E-state index in [0.717, 1.165) is 12.1 Å². The van der Waals surface area contributed by atoms with E-state index in [-0.39, 0.29) is 23.1 Å². The van der Waals surface area contributed by atoms with Crippen molar-refractivity contribution in [3.63, 3.8) is 0 Å². The maximum absolute atomic E-state index is 12.8. The molecule has 0 radical (unpaired) electrons. The van der Waals surface area contributed by atoms with Crippen molar-refractivity contribution >= 4 is 5.97 Å². The number of nitrogens with zero attached hydrogens (tertiary/aromatic N) is 1. The Hall–Kier alpha value is -2.31. The van der Waals surface area contributed by atoms with Gasteiger partial charge in [0.15, 0.2) is 5.69 Å². The van der Waals surface area contributed by atoms with E-state index in [2.05, 4.69) is 9.72 Å². The van der Waals surface area contributed by atoms with Gasteiger partial charge in [-0.25, -0.2) is 9.78 Å². The zero-order valence-electron chi connectivity index (χ0n) is 12.9. The summed E-state index contributed by atoms with van der Waals surface area (Å²) < 4.78 is 48.6. The van der Waals surface area contributed by atoms with Crippen molar-refractivity contribution in [3.05, 3.63) is 41.3 Å². The van der Waals surface area contributed by atoms with Crippen LogP contribution in [0.25, 0.3) is 11.5 Å². The number of benzene rings is 1. The Morgan fingerprint density at radius 2 is 2.04 bits per heavy atom. The molecule has 0 amide bonds. The Morgan fingerprint density at radius 1 is 1.35 bits per heavy atom. The van der Waals surface area contributed by atoms with Gasteiger partial charge in [-0.2, -0.15) is 13.2 Å². The molecule has 0 saturated heterocycles. The van der Waals surface area contributed by atoms with Crippen LogP contribution in [0.4, 0.5) is 13.2 Å². The lowest BCUT2D eigenvalue weighted by Crippen LogP contribution is -2.06. The summed E-state index contributed by atoms with van der Waals surface area (Å²) >= 11 is 0. The largest absolute Gasteiger partial charge is 0.464 e. The molecule has 1 aromatic carbocycles. The summed E-state index contributed by atoms with van der Waals surface area (Å²) in [5.74, 6) is -0.227. The quantitative estimate of drug-likeness (QED) is 0.784. The molecular weight excluding hydrogens is 311 g/mol. The van der Waals surface area contributed by atoms with Crippen molar-refractivity contribution in [3.8, 4) is 11.5 Å². The summed E-state index contributed by atoms with van der Waals surface area (Å²) in [5, 5.41) is 0. The Labute approximate surface area is 131 Å². The maximum Gasteiger partial charge on any atom is 0.416 e. The van der Waals surface area contributed by atoms with Crippen LogP contribution in [0, 0.1) is 5.92 Å². The fourth-order valence-corrected chi connectivity index (χ4v) is 2.07. The molecule has 4 nitrogen and oxygen atoms in total. The summed E-state index contributed by atoms with van der Waals surface area (Å²) in [6, 6.07) is 4.61. The van der Waals surface area contributed by atoms with E-state index in [4.69, 9.17) is 4.42 Å². The zero-order valence-corrected chi connectivity index (χ0v) is 12.9. The van der Waals surface area contributed by atoms with Crippen LogP contribution in [0.1, 0.15) is 35.7 Å². The van der Waals surface area contributed by atoms with E-state index in [9.17, 15) is 18.0 Å². The van der Waals surface area contributed by atoms with Gasteiger partial charge in [0.25, 0.3) is 0 Å². The van der Waals surface area contributed by atoms with Crippen LogP contribution >= 0.6 is 0 Å². The number of carbonyl (C=O) groups is 1. The first kappa shape index (κ1) is 17.1. The van der Waals surface area contributed by atoms with E-state index in [1.807, 2.05) is 13.8 Å². The normalized spacial score (nSPS) is 11.8. The van der Waals surface area contributed by atoms with Gasteiger partial charge in [-0.3, -0.25) is 0 Å². The van der Waals surface area contributed by atoms with Crippen LogP contribution in [0.2, 0.25) is 0 Å². The molecule has 124 valence electrons. The third-order valence-electron chi connectivity index (χ3n) is 3.11. The number of alkyl halides is 3. The minimum absolute atomic E-state index is 0.00592. The number of carbonyl (C=O) groups excluding carboxylic acids is 1. The van der Waals surface area contributed by atoms with Crippen molar-refractivity contribution < 1.29 is 27.1 Å². The van der Waals surface area contributed by atoms with Crippen LogP contribution in [0.5, 0.6) is 0 Å². The van der Waals surface area contributed by atoms with Gasteiger partial charge in [-0.1, -0.05) is 19.9 Å². The Kier molecular flexibility index (Phi) is 4.77. The Balaban J connectivity index is 2.48. The average molecular weight is 327 g/mol. The number of ether oxygens (including phenoxy) is 1. The van der Waals surface area contributed by atoms with Gasteiger partial charge >= 0.3 is 12.1 Å². The smallest absolute Gasteiger partial charge is 0.416 e. The molecule has 0 saturated carbocycles. The van der Waals surface area contributed by atoms with Gasteiger partial charge in [-0.15, -0.1) is 0 Å². The summed E-state index contributed by atoms with van der Waals surface area (Å²) in [7, 11) is 1.21. The molecule has 1 aromatic heterocycles.